The number of hydrogen-bond acceptors (Lipinski definition) is 4. The fourth-order valence-corrected chi connectivity index (χ4v) is 2.96. The number of nitrogen functional groups attached to an aromatic ring is 1. The second-order valence-corrected chi connectivity index (χ2v) is 5.85. The number of anilines is 1. The monoisotopic (exact) mass is 309 g/mol. The van der Waals surface area contributed by atoms with Gasteiger partial charge in [-0.1, -0.05) is 59.9 Å². The van der Waals surface area contributed by atoms with E-state index in [1.165, 1.54) is 11.3 Å². The average molecular weight is 309 g/mol. The summed E-state index contributed by atoms with van der Waals surface area (Å²) in [5.41, 5.74) is 8.30. The quantitative estimate of drug-likeness (QED) is 0.777. The highest BCUT2D eigenvalue weighted by molar-refractivity contribution is 7.15. The summed E-state index contributed by atoms with van der Waals surface area (Å²) >= 11 is 1.40. The molecule has 1 heterocycles. The Labute approximate surface area is 132 Å². The summed E-state index contributed by atoms with van der Waals surface area (Å²) in [6.45, 7) is 0.410. The van der Waals surface area contributed by atoms with Crippen molar-refractivity contribution < 1.29 is 4.79 Å². The standard InChI is InChI=1S/C17H15N3OS/c18-17-20-15(12-7-3-1-4-8-12)14(22-17)11-19-16(21)13-9-5-2-6-10-13/h1-10H,11H2,(H2,18,20)(H,19,21). The Morgan fingerprint density at radius 1 is 1.05 bits per heavy atom. The van der Waals surface area contributed by atoms with Gasteiger partial charge in [-0.2, -0.15) is 0 Å². The smallest absolute Gasteiger partial charge is 0.251 e. The van der Waals surface area contributed by atoms with Crippen molar-refractivity contribution in [3.63, 3.8) is 0 Å². The van der Waals surface area contributed by atoms with Crippen LogP contribution in [0.15, 0.2) is 60.7 Å². The lowest BCUT2D eigenvalue weighted by atomic mass is 10.1. The van der Waals surface area contributed by atoms with Gasteiger partial charge in [-0.15, -0.1) is 0 Å². The molecule has 0 aliphatic rings. The molecule has 0 aliphatic heterocycles. The summed E-state index contributed by atoms with van der Waals surface area (Å²) in [6, 6.07) is 19.0. The number of amides is 1. The molecule has 0 aliphatic carbocycles. The number of rotatable bonds is 4. The molecule has 0 radical (unpaired) electrons. The summed E-state index contributed by atoms with van der Waals surface area (Å²) in [6.07, 6.45) is 0. The van der Waals surface area contributed by atoms with E-state index in [-0.39, 0.29) is 5.91 Å². The Hall–Kier alpha value is -2.66. The number of nitrogens with one attached hydrogen (secondary N) is 1. The molecule has 3 rings (SSSR count). The van der Waals surface area contributed by atoms with Crippen LogP contribution >= 0.6 is 11.3 Å². The van der Waals surface area contributed by atoms with Gasteiger partial charge in [0.1, 0.15) is 0 Å². The van der Waals surface area contributed by atoms with Gasteiger partial charge in [0.25, 0.3) is 5.91 Å². The third kappa shape index (κ3) is 3.15. The lowest BCUT2D eigenvalue weighted by Crippen LogP contribution is -2.22. The third-order valence-electron chi connectivity index (χ3n) is 3.21. The van der Waals surface area contributed by atoms with Crippen LogP contribution in [0.3, 0.4) is 0 Å². The average Bonchev–Trinajstić information content (AvgIpc) is 2.95. The van der Waals surface area contributed by atoms with E-state index >= 15 is 0 Å². The van der Waals surface area contributed by atoms with Gasteiger partial charge in [0, 0.05) is 11.1 Å². The fraction of sp³-hybridized carbons (Fsp3) is 0.0588. The van der Waals surface area contributed by atoms with Crippen LogP contribution in [0.4, 0.5) is 5.13 Å². The van der Waals surface area contributed by atoms with Crippen LogP contribution in [0.2, 0.25) is 0 Å². The van der Waals surface area contributed by atoms with Crippen LogP contribution in [0.5, 0.6) is 0 Å². The highest BCUT2D eigenvalue weighted by Crippen LogP contribution is 2.29. The first kappa shape index (κ1) is 14.3. The molecule has 0 atom stereocenters. The van der Waals surface area contributed by atoms with Gasteiger partial charge < -0.3 is 11.1 Å². The van der Waals surface area contributed by atoms with Gasteiger partial charge >= 0.3 is 0 Å². The van der Waals surface area contributed by atoms with E-state index in [1.807, 2.05) is 48.5 Å². The first-order valence-corrected chi connectivity index (χ1v) is 7.69. The fourth-order valence-electron chi connectivity index (χ4n) is 2.16. The van der Waals surface area contributed by atoms with Crippen LogP contribution in [0.1, 0.15) is 15.2 Å². The minimum absolute atomic E-state index is 0.105. The van der Waals surface area contributed by atoms with E-state index in [1.54, 1.807) is 12.1 Å². The van der Waals surface area contributed by atoms with Crippen LogP contribution in [-0.4, -0.2) is 10.9 Å². The van der Waals surface area contributed by atoms with Crippen molar-refractivity contribution in [2.24, 2.45) is 0 Å². The van der Waals surface area contributed by atoms with Gasteiger partial charge in [0.05, 0.1) is 17.1 Å². The number of aromatic nitrogens is 1. The van der Waals surface area contributed by atoms with Gasteiger partial charge in [-0.05, 0) is 12.1 Å². The molecule has 3 aromatic rings. The Kier molecular flexibility index (Phi) is 4.16. The SMILES string of the molecule is Nc1nc(-c2ccccc2)c(CNC(=O)c2ccccc2)s1. The summed E-state index contributed by atoms with van der Waals surface area (Å²) in [4.78, 5) is 17.4. The lowest BCUT2D eigenvalue weighted by Gasteiger charge is -2.05. The zero-order chi connectivity index (χ0) is 15.4. The van der Waals surface area contributed by atoms with E-state index in [4.69, 9.17) is 5.73 Å². The lowest BCUT2D eigenvalue weighted by molar-refractivity contribution is 0.0951. The second-order valence-electron chi connectivity index (χ2n) is 4.74. The van der Waals surface area contributed by atoms with Gasteiger partial charge in [-0.25, -0.2) is 4.98 Å². The van der Waals surface area contributed by atoms with Crippen molar-refractivity contribution in [1.29, 1.82) is 0 Å². The molecule has 0 saturated carbocycles. The molecule has 1 aromatic heterocycles. The summed E-state index contributed by atoms with van der Waals surface area (Å²) in [5.74, 6) is -0.105. The molecule has 3 N–H and O–H groups in total. The van der Waals surface area contributed by atoms with Gasteiger partial charge in [0.15, 0.2) is 5.13 Å². The van der Waals surface area contributed by atoms with Crippen molar-refractivity contribution >= 4 is 22.4 Å². The van der Waals surface area contributed by atoms with Crippen LogP contribution in [0, 0.1) is 0 Å². The van der Waals surface area contributed by atoms with Crippen LogP contribution in [-0.2, 0) is 6.54 Å². The molecule has 0 spiro atoms. The van der Waals surface area contributed by atoms with Crippen LogP contribution in [0.25, 0.3) is 11.3 Å². The summed E-state index contributed by atoms with van der Waals surface area (Å²) < 4.78 is 0. The molecule has 22 heavy (non-hydrogen) atoms. The molecule has 2 aromatic carbocycles. The Morgan fingerprint density at radius 2 is 1.68 bits per heavy atom. The van der Waals surface area contributed by atoms with Crippen LogP contribution < -0.4 is 11.1 Å². The highest BCUT2D eigenvalue weighted by Gasteiger charge is 2.13. The minimum atomic E-state index is -0.105. The Bertz CT molecular complexity index is 769. The normalized spacial score (nSPS) is 10.4. The molecular formula is C17H15N3OS. The third-order valence-corrected chi connectivity index (χ3v) is 4.09. The van der Waals surface area contributed by atoms with Crippen molar-refractivity contribution in [3.05, 3.63) is 71.1 Å². The first-order chi connectivity index (χ1) is 10.7. The van der Waals surface area contributed by atoms with Crippen molar-refractivity contribution in [3.8, 4) is 11.3 Å². The summed E-state index contributed by atoms with van der Waals surface area (Å²) in [7, 11) is 0. The second kappa shape index (κ2) is 6.41. The number of benzene rings is 2. The van der Waals surface area contributed by atoms with E-state index in [9.17, 15) is 4.79 Å². The molecule has 0 unspecified atom stereocenters. The maximum Gasteiger partial charge on any atom is 0.251 e. The molecule has 0 saturated heterocycles. The molecule has 5 heteroatoms. The van der Waals surface area contributed by atoms with E-state index < -0.39 is 0 Å². The maximum atomic E-state index is 12.1. The number of hydrogen-bond donors (Lipinski definition) is 2. The number of carbonyl (C=O) groups excluding carboxylic acids is 1. The zero-order valence-electron chi connectivity index (χ0n) is 11.8. The van der Waals surface area contributed by atoms with Crippen molar-refractivity contribution in [2.75, 3.05) is 5.73 Å². The topological polar surface area (TPSA) is 68.0 Å². The molecule has 1 amide bonds. The highest BCUT2D eigenvalue weighted by atomic mass is 32.1. The van der Waals surface area contributed by atoms with Gasteiger partial charge in [0.2, 0.25) is 0 Å². The molecule has 0 bridgehead atoms. The Balaban J connectivity index is 1.78. The van der Waals surface area contributed by atoms with E-state index in [0.717, 1.165) is 16.1 Å². The van der Waals surface area contributed by atoms with Gasteiger partial charge in [-0.3, -0.25) is 4.79 Å². The first-order valence-electron chi connectivity index (χ1n) is 6.88. The zero-order valence-corrected chi connectivity index (χ0v) is 12.6. The number of nitrogens with two attached hydrogens (primary N) is 1. The molecule has 4 nitrogen and oxygen atoms in total. The maximum absolute atomic E-state index is 12.1. The number of nitrogens with zero attached hydrogens (tertiary/aromatic N) is 1. The summed E-state index contributed by atoms with van der Waals surface area (Å²) in [5, 5.41) is 3.42. The van der Waals surface area contributed by atoms with Crippen molar-refractivity contribution in [2.45, 2.75) is 6.54 Å². The van der Waals surface area contributed by atoms with E-state index in [0.29, 0.717) is 17.2 Å². The Morgan fingerprint density at radius 3 is 2.36 bits per heavy atom. The predicted molar refractivity (Wildman–Crippen MR) is 89.6 cm³/mol. The number of carbonyl (C=O) groups is 1. The van der Waals surface area contributed by atoms with E-state index in [2.05, 4.69) is 10.3 Å². The minimum Gasteiger partial charge on any atom is -0.375 e. The molecular weight excluding hydrogens is 294 g/mol. The number of thiazole rings is 1. The molecule has 0 fully saturated rings. The molecule has 110 valence electrons. The largest absolute Gasteiger partial charge is 0.375 e. The predicted octanol–water partition coefficient (Wildman–Crippen LogP) is 3.32. The van der Waals surface area contributed by atoms with Crippen molar-refractivity contribution in [1.82, 2.24) is 10.3 Å².